The SMILES string of the molecule is C.C.C[C@H]1C[C@@H](O)[C@@H](CSP(=O)([O-])OP(=O)([O-])OP(=O)([O-])[O-])O1. The molecule has 0 radical (unpaired) electrons. The van der Waals surface area contributed by atoms with E-state index in [0.717, 1.165) is 0 Å². The average molecular weight is 416 g/mol. The molecule has 1 fully saturated rings. The Morgan fingerprint density at radius 3 is 2.09 bits per heavy atom. The number of rotatable bonds is 7. The molecule has 0 aromatic heterocycles. The van der Waals surface area contributed by atoms with Crippen LogP contribution in [0.3, 0.4) is 0 Å². The van der Waals surface area contributed by atoms with Crippen LogP contribution in [0.1, 0.15) is 28.2 Å². The molecule has 2 unspecified atom stereocenters. The van der Waals surface area contributed by atoms with Gasteiger partial charge >= 0.3 is 0 Å². The van der Waals surface area contributed by atoms with Crippen LogP contribution >= 0.6 is 33.8 Å². The molecular formula is C8H19O11P3S-4. The average Bonchev–Trinajstić information content (AvgIpc) is 2.48. The van der Waals surface area contributed by atoms with Crippen LogP contribution in [0.4, 0.5) is 0 Å². The van der Waals surface area contributed by atoms with E-state index in [9.17, 15) is 38.4 Å². The predicted molar refractivity (Wildman–Crippen MR) is 75.9 cm³/mol. The third-order valence-electron chi connectivity index (χ3n) is 2.21. The van der Waals surface area contributed by atoms with E-state index in [1.807, 2.05) is 0 Å². The number of phosphoric acid groups is 2. The fourth-order valence-electron chi connectivity index (χ4n) is 1.54. The highest BCUT2D eigenvalue weighted by atomic mass is 32.7. The monoisotopic (exact) mass is 416 g/mol. The van der Waals surface area contributed by atoms with Gasteiger partial charge in [0.1, 0.15) is 0 Å². The minimum atomic E-state index is -5.97. The Labute approximate surface area is 138 Å². The van der Waals surface area contributed by atoms with Crippen molar-refractivity contribution in [2.24, 2.45) is 0 Å². The number of hydrogen-bond donors (Lipinski definition) is 1. The quantitative estimate of drug-likeness (QED) is 0.515. The number of aliphatic hydroxyl groups excluding tert-OH is 1. The molecule has 1 aliphatic heterocycles. The Hall–Kier alpha value is 0.720. The summed E-state index contributed by atoms with van der Waals surface area (Å²) >= 11 is -0.0186. The van der Waals surface area contributed by atoms with E-state index in [-0.39, 0.29) is 44.5 Å². The van der Waals surface area contributed by atoms with E-state index in [2.05, 4.69) is 8.62 Å². The maximum Gasteiger partial charge on any atom is 0.277 e. The zero-order valence-corrected chi connectivity index (χ0v) is 13.9. The molecule has 5 atom stereocenters. The lowest BCUT2D eigenvalue weighted by Crippen LogP contribution is -2.24. The van der Waals surface area contributed by atoms with E-state index < -0.39 is 34.7 Å². The van der Waals surface area contributed by atoms with Crippen molar-refractivity contribution in [1.29, 1.82) is 0 Å². The Morgan fingerprint density at radius 2 is 1.70 bits per heavy atom. The Morgan fingerprint density at radius 1 is 1.17 bits per heavy atom. The minimum absolute atomic E-state index is 0. The number of hydrogen-bond acceptors (Lipinski definition) is 12. The third-order valence-corrected chi connectivity index (χ3v) is 8.20. The van der Waals surface area contributed by atoms with Crippen molar-refractivity contribution in [2.45, 2.75) is 46.5 Å². The third kappa shape index (κ3) is 10.3. The summed E-state index contributed by atoms with van der Waals surface area (Å²) in [6, 6.07) is 0. The highest BCUT2D eigenvalue weighted by Crippen LogP contribution is 2.65. The van der Waals surface area contributed by atoms with Gasteiger partial charge in [0, 0.05) is 12.2 Å². The van der Waals surface area contributed by atoms with Crippen LogP contribution in [0.2, 0.25) is 0 Å². The van der Waals surface area contributed by atoms with Crippen molar-refractivity contribution in [1.82, 2.24) is 0 Å². The first-order valence-corrected chi connectivity index (χ1v) is 11.4. The summed E-state index contributed by atoms with van der Waals surface area (Å²) in [5.41, 5.74) is 0. The van der Waals surface area contributed by atoms with E-state index in [0.29, 0.717) is 0 Å². The van der Waals surface area contributed by atoms with E-state index in [1.54, 1.807) is 6.92 Å². The molecule has 0 bridgehead atoms. The zero-order chi connectivity index (χ0) is 16.5. The van der Waals surface area contributed by atoms with Gasteiger partial charge in [-0.05, 0) is 6.92 Å². The lowest BCUT2D eigenvalue weighted by Gasteiger charge is -2.37. The molecule has 1 heterocycles. The molecule has 0 spiro atoms. The van der Waals surface area contributed by atoms with Gasteiger partial charge in [-0.3, -0.25) is 17.8 Å². The van der Waals surface area contributed by atoms with Gasteiger partial charge in [-0.15, -0.1) is 0 Å². The van der Waals surface area contributed by atoms with Crippen LogP contribution in [0, 0.1) is 0 Å². The van der Waals surface area contributed by atoms with Gasteiger partial charge in [0.2, 0.25) is 0 Å². The van der Waals surface area contributed by atoms with Crippen molar-refractivity contribution < 1.29 is 51.7 Å². The Bertz CT molecular complexity index is 508. The Kier molecular flexibility index (Phi) is 10.6. The fourth-order valence-corrected chi connectivity index (χ4v) is 6.85. The standard InChI is InChI=1S/C6H15O11P3S.2CH4/c1-4-2-5(7)6(15-4)3-21-20(13,14)17-19(11,12)16-18(8,9)10;;/h4-7H,2-3H2,1H3,(H,11,12)(H,13,14)(H2,8,9,10);2*1H4/p-4/t4-,5+,6+;;/m0../s1. The maximum atomic E-state index is 11.4. The highest BCUT2D eigenvalue weighted by molar-refractivity contribution is 8.54. The van der Waals surface area contributed by atoms with Gasteiger partial charge < -0.3 is 34.0 Å². The summed E-state index contributed by atoms with van der Waals surface area (Å²) in [5.74, 6) is -0.349. The Balaban J connectivity index is 0. The maximum absolute atomic E-state index is 11.4. The van der Waals surface area contributed by atoms with Crippen molar-refractivity contribution in [3.8, 4) is 0 Å². The van der Waals surface area contributed by atoms with Crippen molar-refractivity contribution in [3.05, 3.63) is 0 Å². The number of ether oxygens (including phenoxy) is 1. The van der Waals surface area contributed by atoms with Gasteiger partial charge in [0.25, 0.3) is 7.82 Å². The van der Waals surface area contributed by atoms with Gasteiger partial charge in [0.15, 0.2) is 6.80 Å². The molecule has 142 valence electrons. The van der Waals surface area contributed by atoms with Crippen LogP contribution in [0.5, 0.6) is 0 Å². The topological polar surface area (TPSA) is 191 Å². The summed E-state index contributed by atoms with van der Waals surface area (Å²) in [5, 5.41) is 9.51. The molecule has 0 aromatic carbocycles. The highest BCUT2D eigenvalue weighted by Gasteiger charge is 2.33. The van der Waals surface area contributed by atoms with E-state index >= 15 is 0 Å². The second kappa shape index (κ2) is 9.43. The molecule has 1 N–H and O–H groups in total. The second-order valence-corrected chi connectivity index (χ2v) is 10.8. The summed E-state index contributed by atoms with van der Waals surface area (Å²) in [6.45, 7) is -3.47. The summed E-state index contributed by atoms with van der Waals surface area (Å²) < 4.78 is 44.2. The summed E-state index contributed by atoms with van der Waals surface area (Å²) in [7, 11) is -11.8. The first-order valence-electron chi connectivity index (χ1n) is 5.34. The fraction of sp³-hybridized carbons (Fsp3) is 1.00. The summed E-state index contributed by atoms with van der Waals surface area (Å²) in [4.78, 5) is 42.5. The van der Waals surface area contributed by atoms with Crippen LogP contribution in [0.15, 0.2) is 0 Å². The largest absolute Gasteiger partial charge is 0.790 e. The lowest BCUT2D eigenvalue weighted by atomic mass is 10.2. The van der Waals surface area contributed by atoms with Crippen LogP contribution in [-0.4, -0.2) is 29.2 Å². The van der Waals surface area contributed by atoms with E-state index in [1.165, 1.54) is 0 Å². The van der Waals surface area contributed by atoms with Gasteiger partial charge in [-0.1, -0.05) is 26.2 Å². The molecule has 1 aliphatic rings. The molecule has 0 saturated carbocycles. The van der Waals surface area contributed by atoms with Crippen LogP contribution in [0.25, 0.3) is 0 Å². The molecule has 15 heteroatoms. The first-order chi connectivity index (χ1) is 9.30. The molecule has 23 heavy (non-hydrogen) atoms. The predicted octanol–water partition coefficient (Wildman–Crippen LogP) is -0.671. The normalized spacial score (nSPS) is 29.7. The molecule has 0 aliphatic carbocycles. The molecular weight excluding hydrogens is 397 g/mol. The molecule has 1 saturated heterocycles. The molecule has 0 aromatic rings. The zero-order valence-electron chi connectivity index (χ0n) is 10.4. The lowest BCUT2D eigenvalue weighted by molar-refractivity contribution is -0.339. The molecule has 1 rings (SSSR count). The van der Waals surface area contributed by atoms with E-state index in [4.69, 9.17) is 4.74 Å². The molecule has 11 nitrogen and oxygen atoms in total. The summed E-state index contributed by atoms with van der Waals surface area (Å²) in [6.07, 6.45) is -1.79. The minimum Gasteiger partial charge on any atom is -0.790 e. The first kappa shape index (κ1) is 26.0. The van der Waals surface area contributed by atoms with Crippen LogP contribution in [-0.2, 0) is 27.1 Å². The van der Waals surface area contributed by atoms with Gasteiger partial charge in [-0.25, -0.2) is 0 Å². The van der Waals surface area contributed by atoms with Crippen molar-refractivity contribution >= 4 is 33.8 Å². The van der Waals surface area contributed by atoms with Crippen molar-refractivity contribution in [3.63, 3.8) is 0 Å². The number of aliphatic hydroxyl groups is 1. The second-order valence-electron chi connectivity index (χ2n) is 4.09. The smallest absolute Gasteiger partial charge is 0.277 e. The van der Waals surface area contributed by atoms with Gasteiger partial charge in [0.05, 0.1) is 26.1 Å². The van der Waals surface area contributed by atoms with Crippen molar-refractivity contribution in [2.75, 3.05) is 5.75 Å². The van der Waals surface area contributed by atoms with Gasteiger partial charge in [-0.2, -0.15) is 0 Å². The van der Waals surface area contributed by atoms with Crippen LogP contribution < -0.4 is 19.6 Å². The molecule has 0 amide bonds.